The minimum atomic E-state index is -1.70. The maximum Gasteiger partial charge on any atom is 0.227 e. The molecule has 0 rings (SSSR count). The summed E-state index contributed by atoms with van der Waals surface area (Å²) in [5.74, 6) is 0. The molecule has 2 atom stereocenters. The first-order valence-corrected chi connectivity index (χ1v) is 8.09. The van der Waals surface area contributed by atoms with E-state index in [0.29, 0.717) is 11.1 Å². The van der Waals surface area contributed by atoms with E-state index in [-0.39, 0.29) is 0 Å². The smallest absolute Gasteiger partial charge is 0.227 e. The van der Waals surface area contributed by atoms with E-state index in [9.17, 15) is 4.80 Å². The second-order valence-corrected chi connectivity index (χ2v) is 7.91. The Hall–Kier alpha value is 0.177. The van der Waals surface area contributed by atoms with Gasteiger partial charge in [0.15, 0.2) is 0 Å². The summed E-state index contributed by atoms with van der Waals surface area (Å²) in [7, 11) is -1.70. The summed E-state index contributed by atoms with van der Waals surface area (Å²) < 4.78 is 0. The van der Waals surface area contributed by atoms with Crippen LogP contribution in [0.25, 0.3) is 0 Å². The molecule has 14 heavy (non-hydrogen) atoms. The van der Waals surface area contributed by atoms with Gasteiger partial charge in [0, 0.05) is 0 Å². The van der Waals surface area contributed by atoms with Gasteiger partial charge in [-0.05, 0) is 11.1 Å². The Balaban J connectivity index is 3.72. The van der Waals surface area contributed by atoms with Gasteiger partial charge < -0.3 is 4.80 Å². The average molecular weight is 215 g/mol. The first kappa shape index (κ1) is 14.2. The maximum absolute atomic E-state index is 12.1. The van der Waals surface area contributed by atoms with Crippen LogP contribution >= 0.6 is 0 Å². The summed E-state index contributed by atoms with van der Waals surface area (Å²) in [6.07, 6.45) is 7.30. The van der Waals surface area contributed by atoms with E-state index in [2.05, 4.69) is 27.7 Å². The summed E-state index contributed by atoms with van der Waals surface area (Å²) in [5.41, 5.74) is 1.00. The predicted molar refractivity (Wildman–Crippen MR) is 65.7 cm³/mol. The van der Waals surface area contributed by atoms with E-state index >= 15 is 0 Å². The highest BCUT2D eigenvalue weighted by molar-refractivity contribution is 6.53. The predicted octanol–water partition coefficient (Wildman–Crippen LogP) is 4.30. The molecule has 0 spiro atoms. The lowest BCUT2D eigenvalue weighted by atomic mass is 10.2. The minimum absolute atomic E-state index is 0.502. The third kappa shape index (κ3) is 5.81. The second kappa shape index (κ2) is 8.48. The van der Waals surface area contributed by atoms with Crippen molar-refractivity contribution >= 4 is 9.04 Å². The highest BCUT2D eigenvalue weighted by Crippen LogP contribution is 2.27. The summed E-state index contributed by atoms with van der Waals surface area (Å²) in [6, 6.07) is 0. The van der Waals surface area contributed by atoms with Gasteiger partial charge in [0.25, 0.3) is 0 Å². The molecule has 1 nitrogen and oxygen atoms in total. The van der Waals surface area contributed by atoms with Gasteiger partial charge in [0.2, 0.25) is 9.04 Å². The molecule has 2 heteroatoms. The first-order chi connectivity index (χ1) is 6.63. The van der Waals surface area contributed by atoms with Gasteiger partial charge in [0.1, 0.15) is 0 Å². The molecule has 0 saturated carbocycles. The maximum atomic E-state index is 12.1. The fraction of sp³-hybridized carbons (Fsp3) is 1.00. The van der Waals surface area contributed by atoms with E-state index < -0.39 is 9.04 Å². The van der Waals surface area contributed by atoms with Crippen molar-refractivity contribution in [2.45, 2.75) is 77.3 Å². The van der Waals surface area contributed by atoms with E-state index in [0.717, 1.165) is 0 Å². The molecule has 0 heterocycles. The molecule has 0 N–H and O–H groups in total. The molecular formula is C12H27OSi. The van der Waals surface area contributed by atoms with Crippen LogP contribution in [0.5, 0.6) is 0 Å². The molecule has 0 aliphatic carbocycles. The minimum Gasteiger partial charge on any atom is -0.301 e. The molecular weight excluding hydrogens is 188 g/mol. The summed E-state index contributed by atoms with van der Waals surface area (Å²) in [6.45, 7) is 8.77. The van der Waals surface area contributed by atoms with Crippen LogP contribution in [0.1, 0.15) is 66.2 Å². The van der Waals surface area contributed by atoms with Crippen molar-refractivity contribution in [3.8, 4) is 0 Å². The van der Waals surface area contributed by atoms with Crippen molar-refractivity contribution < 1.29 is 4.80 Å². The monoisotopic (exact) mass is 215 g/mol. The normalized spacial score (nSPS) is 17.8. The first-order valence-electron chi connectivity index (χ1n) is 6.29. The highest BCUT2D eigenvalue weighted by Gasteiger charge is 2.24. The van der Waals surface area contributed by atoms with E-state index in [1.165, 1.54) is 38.5 Å². The number of hydrogen-bond acceptors (Lipinski definition) is 0. The molecule has 2 unspecified atom stereocenters. The summed E-state index contributed by atoms with van der Waals surface area (Å²) >= 11 is 0. The highest BCUT2D eigenvalue weighted by atomic mass is 28.3. The lowest BCUT2D eigenvalue weighted by Gasteiger charge is -2.20. The molecule has 0 bridgehead atoms. The summed E-state index contributed by atoms with van der Waals surface area (Å²) in [4.78, 5) is 12.1. The molecule has 0 saturated heterocycles. The topological polar surface area (TPSA) is 19.9 Å². The Kier molecular flexibility index (Phi) is 8.59. The van der Waals surface area contributed by atoms with Crippen LogP contribution in [0.15, 0.2) is 0 Å². The van der Waals surface area contributed by atoms with Crippen molar-refractivity contribution in [2.24, 2.45) is 0 Å². The molecule has 0 amide bonds. The van der Waals surface area contributed by atoms with Gasteiger partial charge in [-0.25, -0.2) is 0 Å². The van der Waals surface area contributed by atoms with Gasteiger partial charge in [-0.15, -0.1) is 0 Å². The number of hydrogen-bond donors (Lipinski definition) is 0. The van der Waals surface area contributed by atoms with Gasteiger partial charge >= 0.3 is 0 Å². The van der Waals surface area contributed by atoms with E-state index in [1.54, 1.807) is 0 Å². The van der Waals surface area contributed by atoms with Crippen molar-refractivity contribution in [1.29, 1.82) is 0 Å². The van der Waals surface area contributed by atoms with Crippen molar-refractivity contribution in [1.82, 2.24) is 0 Å². The van der Waals surface area contributed by atoms with E-state index in [4.69, 9.17) is 0 Å². The third-order valence-corrected chi connectivity index (χ3v) is 6.06. The zero-order valence-corrected chi connectivity index (χ0v) is 11.5. The Morgan fingerprint density at radius 3 is 1.57 bits per heavy atom. The van der Waals surface area contributed by atoms with Crippen LogP contribution in [-0.4, -0.2) is 9.04 Å². The Morgan fingerprint density at radius 1 is 0.929 bits per heavy atom. The molecule has 0 aliphatic heterocycles. The zero-order valence-electron chi connectivity index (χ0n) is 10.4. The standard InChI is InChI=1S/C12H27OSi/c1-5-7-9-11(3)14(13)12(4)10-8-6-2/h11-12,14H,5-10H2,1-4H3. The lowest BCUT2D eigenvalue weighted by molar-refractivity contribution is 0.405. The van der Waals surface area contributed by atoms with Gasteiger partial charge in [0.05, 0.1) is 0 Å². The molecule has 0 aromatic rings. The van der Waals surface area contributed by atoms with Gasteiger partial charge in [-0.1, -0.05) is 66.2 Å². The lowest BCUT2D eigenvalue weighted by Crippen LogP contribution is -2.22. The SMILES string of the molecule is CCCCC(C)[SiH]([O])C(C)CCCC. The zero-order chi connectivity index (χ0) is 11.0. The quantitative estimate of drug-likeness (QED) is 0.538. The average Bonchev–Trinajstić information content (AvgIpc) is 2.21. The molecule has 1 radical (unpaired) electrons. The molecule has 0 aromatic heterocycles. The number of unbranched alkanes of at least 4 members (excludes halogenated alkanes) is 2. The van der Waals surface area contributed by atoms with Crippen LogP contribution in [0, 0.1) is 0 Å². The Labute approximate surface area is 91.6 Å². The van der Waals surface area contributed by atoms with Crippen LogP contribution < -0.4 is 0 Å². The van der Waals surface area contributed by atoms with Crippen LogP contribution in [0.4, 0.5) is 0 Å². The fourth-order valence-corrected chi connectivity index (χ4v) is 4.19. The number of rotatable bonds is 8. The molecule has 85 valence electrons. The van der Waals surface area contributed by atoms with E-state index in [1.807, 2.05) is 0 Å². The largest absolute Gasteiger partial charge is 0.301 e. The Morgan fingerprint density at radius 2 is 1.29 bits per heavy atom. The van der Waals surface area contributed by atoms with Crippen molar-refractivity contribution in [3.63, 3.8) is 0 Å². The fourth-order valence-electron chi connectivity index (χ4n) is 1.94. The molecule has 0 aromatic carbocycles. The van der Waals surface area contributed by atoms with Crippen molar-refractivity contribution in [2.75, 3.05) is 0 Å². The van der Waals surface area contributed by atoms with Crippen LogP contribution in [0.3, 0.4) is 0 Å². The summed E-state index contributed by atoms with van der Waals surface area (Å²) in [5, 5.41) is 0. The van der Waals surface area contributed by atoms with Crippen LogP contribution in [-0.2, 0) is 4.80 Å². The van der Waals surface area contributed by atoms with Crippen molar-refractivity contribution in [3.05, 3.63) is 0 Å². The third-order valence-electron chi connectivity index (χ3n) is 3.15. The van der Waals surface area contributed by atoms with Gasteiger partial charge in [-0.3, -0.25) is 0 Å². The van der Waals surface area contributed by atoms with Crippen LogP contribution in [0.2, 0.25) is 11.1 Å². The second-order valence-electron chi connectivity index (χ2n) is 4.70. The molecule has 0 fully saturated rings. The van der Waals surface area contributed by atoms with Gasteiger partial charge in [-0.2, -0.15) is 0 Å². The Bertz CT molecular complexity index is 113. The molecule has 0 aliphatic rings.